The number of rotatable bonds is 2. The minimum absolute atomic E-state index is 0.503. The van der Waals surface area contributed by atoms with Crippen LogP contribution in [0.2, 0.25) is 0 Å². The highest BCUT2D eigenvalue weighted by Gasteiger charge is 2.20. The van der Waals surface area contributed by atoms with Crippen LogP contribution >= 0.6 is 0 Å². The van der Waals surface area contributed by atoms with E-state index in [0.717, 1.165) is 6.42 Å². The minimum atomic E-state index is 0.503. The highest BCUT2D eigenvalue weighted by atomic mass is 14.9. The first-order valence-corrected chi connectivity index (χ1v) is 5.73. The highest BCUT2D eigenvalue weighted by Crippen LogP contribution is 2.34. The summed E-state index contributed by atoms with van der Waals surface area (Å²) in [5, 5.41) is 3.57. The second kappa shape index (κ2) is 4.09. The van der Waals surface area contributed by atoms with E-state index in [-0.39, 0.29) is 0 Å². The van der Waals surface area contributed by atoms with Crippen molar-refractivity contribution in [3.8, 4) is 0 Å². The zero-order valence-corrected chi connectivity index (χ0v) is 9.75. The summed E-state index contributed by atoms with van der Waals surface area (Å²) in [7, 11) is 0. The Labute approximate surface area is 92.2 Å². The average molecular weight is 201 g/mol. The second-order valence-electron chi connectivity index (χ2n) is 4.45. The zero-order chi connectivity index (χ0) is 10.8. The smallest absolute Gasteiger partial charge is 0.0414 e. The summed E-state index contributed by atoms with van der Waals surface area (Å²) in [6.07, 6.45) is 5.54. The first-order chi connectivity index (χ1) is 7.22. The summed E-state index contributed by atoms with van der Waals surface area (Å²) >= 11 is 0. The number of hydrogen-bond donors (Lipinski definition) is 1. The average Bonchev–Trinajstić information content (AvgIpc) is 2.57. The van der Waals surface area contributed by atoms with Gasteiger partial charge in [-0.25, -0.2) is 0 Å². The van der Waals surface area contributed by atoms with E-state index in [1.54, 1.807) is 0 Å². The first-order valence-electron chi connectivity index (χ1n) is 5.73. The molecule has 15 heavy (non-hydrogen) atoms. The Hall–Kier alpha value is -1.24. The molecule has 0 amide bonds. The molecule has 0 saturated heterocycles. The highest BCUT2D eigenvalue weighted by molar-refractivity contribution is 5.63. The van der Waals surface area contributed by atoms with E-state index in [4.69, 9.17) is 0 Å². The van der Waals surface area contributed by atoms with Gasteiger partial charge in [0, 0.05) is 17.6 Å². The third kappa shape index (κ3) is 1.92. The number of allylic oxidation sites excluding steroid dienone is 2. The Morgan fingerprint density at radius 1 is 1.47 bits per heavy atom. The molecule has 1 N–H and O–H groups in total. The monoisotopic (exact) mass is 201 g/mol. The molecule has 0 aliphatic carbocycles. The van der Waals surface area contributed by atoms with E-state index in [0.29, 0.717) is 12.0 Å². The third-order valence-electron chi connectivity index (χ3n) is 3.07. The van der Waals surface area contributed by atoms with Crippen molar-refractivity contribution in [2.24, 2.45) is 0 Å². The molecule has 0 saturated carbocycles. The standard InChI is InChI=1S/C14H19N/c1-4-6-10(2)13-8-5-7-12-9-11(3)15-14(12)13/h4-8,10-11,15H,9H2,1-3H3. The Bertz CT molecular complexity index is 379. The summed E-state index contributed by atoms with van der Waals surface area (Å²) in [5.74, 6) is 0.503. The van der Waals surface area contributed by atoms with Gasteiger partial charge in [0.15, 0.2) is 0 Å². The number of benzene rings is 1. The summed E-state index contributed by atoms with van der Waals surface area (Å²) in [6.45, 7) is 6.57. The SMILES string of the molecule is CC=CC(C)c1cccc2c1NC(C)C2. The Morgan fingerprint density at radius 2 is 2.27 bits per heavy atom. The van der Waals surface area contributed by atoms with Gasteiger partial charge in [0.25, 0.3) is 0 Å². The predicted molar refractivity (Wildman–Crippen MR) is 66.5 cm³/mol. The summed E-state index contributed by atoms with van der Waals surface area (Å²) < 4.78 is 0. The number of hydrogen-bond acceptors (Lipinski definition) is 1. The van der Waals surface area contributed by atoms with E-state index in [1.165, 1.54) is 16.8 Å². The van der Waals surface area contributed by atoms with Gasteiger partial charge in [-0.15, -0.1) is 0 Å². The van der Waals surface area contributed by atoms with Crippen LogP contribution in [0, 0.1) is 0 Å². The van der Waals surface area contributed by atoms with Crippen molar-refractivity contribution in [3.05, 3.63) is 41.5 Å². The lowest BCUT2D eigenvalue weighted by molar-refractivity contribution is 0.838. The maximum Gasteiger partial charge on any atom is 0.0414 e. The fraction of sp³-hybridized carbons (Fsp3) is 0.429. The normalized spacial score (nSPS) is 21.4. The fourth-order valence-electron chi connectivity index (χ4n) is 2.37. The largest absolute Gasteiger partial charge is 0.382 e. The molecule has 1 nitrogen and oxygen atoms in total. The van der Waals surface area contributed by atoms with Crippen LogP contribution in [0.1, 0.15) is 37.8 Å². The van der Waals surface area contributed by atoms with Gasteiger partial charge in [-0.1, -0.05) is 37.3 Å². The Morgan fingerprint density at radius 3 is 3.00 bits per heavy atom. The van der Waals surface area contributed by atoms with Crippen LogP contribution in [-0.4, -0.2) is 6.04 Å². The number of fused-ring (bicyclic) bond motifs is 1. The van der Waals surface area contributed by atoms with Crippen molar-refractivity contribution in [1.29, 1.82) is 0 Å². The van der Waals surface area contributed by atoms with Crippen molar-refractivity contribution in [3.63, 3.8) is 0 Å². The van der Waals surface area contributed by atoms with Crippen molar-refractivity contribution in [2.75, 3.05) is 5.32 Å². The molecule has 1 aliphatic rings. The van der Waals surface area contributed by atoms with Crippen LogP contribution in [0.5, 0.6) is 0 Å². The van der Waals surface area contributed by atoms with Gasteiger partial charge in [-0.05, 0) is 31.4 Å². The molecule has 0 bridgehead atoms. The van der Waals surface area contributed by atoms with Crippen molar-refractivity contribution in [1.82, 2.24) is 0 Å². The molecule has 80 valence electrons. The molecule has 0 fully saturated rings. The lowest BCUT2D eigenvalue weighted by atomic mass is 9.96. The summed E-state index contributed by atoms with van der Waals surface area (Å²) in [5.41, 5.74) is 4.27. The molecular weight excluding hydrogens is 182 g/mol. The van der Waals surface area contributed by atoms with Crippen molar-refractivity contribution >= 4 is 5.69 Å². The van der Waals surface area contributed by atoms with Crippen LogP contribution in [0.25, 0.3) is 0 Å². The molecule has 0 aromatic heterocycles. The van der Waals surface area contributed by atoms with Gasteiger partial charge in [0.1, 0.15) is 0 Å². The topological polar surface area (TPSA) is 12.0 Å². The molecule has 1 heteroatoms. The Balaban J connectivity index is 2.38. The number of anilines is 1. The predicted octanol–water partition coefficient (Wildman–Crippen LogP) is 3.72. The van der Waals surface area contributed by atoms with E-state index in [9.17, 15) is 0 Å². The number of para-hydroxylation sites is 1. The van der Waals surface area contributed by atoms with Crippen molar-refractivity contribution < 1.29 is 0 Å². The fourth-order valence-corrected chi connectivity index (χ4v) is 2.37. The van der Waals surface area contributed by atoms with Crippen LogP contribution in [0.3, 0.4) is 0 Å². The quantitative estimate of drug-likeness (QED) is 0.719. The van der Waals surface area contributed by atoms with Gasteiger partial charge >= 0.3 is 0 Å². The summed E-state index contributed by atoms with van der Waals surface area (Å²) in [6, 6.07) is 7.22. The van der Waals surface area contributed by atoms with E-state index in [2.05, 4.69) is 56.4 Å². The van der Waals surface area contributed by atoms with E-state index >= 15 is 0 Å². The van der Waals surface area contributed by atoms with Crippen molar-refractivity contribution in [2.45, 2.75) is 39.2 Å². The molecule has 2 rings (SSSR count). The number of nitrogens with one attached hydrogen (secondary N) is 1. The molecule has 1 aliphatic heterocycles. The molecule has 2 unspecified atom stereocenters. The van der Waals surface area contributed by atoms with Gasteiger partial charge in [0.05, 0.1) is 0 Å². The molecule has 2 atom stereocenters. The van der Waals surface area contributed by atoms with E-state index in [1.807, 2.05) is 0 Å². The van der Waals surface area contributed by atoms with Crippen LogP contribution < -0.4 is 5.32 Å². The van der Waals surface area contributed by atoms with Crippen LogP contribution in [-0.2, 0) is 6.42 Å². The molecule has 0 radical (unpaired) electrons. The molecule has 0 spiro atoms. The van der Waals surface area contributed by atoms with E-state index < -0.39 is 0 Å². The maximum atomic E-state index is 3.57. The molecule has 1 aromatic rings. The maximum absolute atomic E-state index is 3.57. The third-order valence-corrected chi connectivity index (χ3v) is 3.07. The van der Waals surface area contributed by atoms with Crippen LogP contribution in [0.4, 0.5) is 5.69 Å². The lowest BCUT2D eigenvalue weighted by Crippen LogP contribution is -2.09. The zero-order valence-electron chi connectivity index (χ0n) is 9.75. The summed E-state index contributed by atoms with van der Waals surface area (Å²) in [4.78, 5) is 0. The molecule has 1 aromatic carbocycles. The first kappa shape index (κ1) is 10.3. The Kier molecular flexibility index (Phi) is 2.81. The van der Waals surface area contributed by atoms with Gasteiger partial charge in [0.2, 0.25) is 0 Å². The molecular formula is C14H19N. The van der Waals surface area contributed by atoms with Crippen LogP contribution in [0.15, 0.2) is 30.4 Å². The van der Waals surface area contributed by atoms with Gasteiger partial charge < -0.3 is 5.32 Å². The second-order valence-corrected chi connectivity index (χ2v) is 4.45. The lowest BCUT2D eigenvalue weighted by Gasteiger charge is -2.13. The molecule has 1 heterocycles. The van der Waals surface area contributed by atoms with Gasteiger partial charge in [-0.3, -0.25) is 0 Å². The van der Waals surface area contributed by atoms with Gasteiger partial charge in [-0.2, -0.15) is 0 Å². The minimum Gasteiger partial charge on any atom is -0.382 e.